The molecular formula is C19H17ClN2O4S2. The van der Waals surface area contributed by atoms with Crippen LogP contribution in [0.1, 0.15) is 11.0 Å². The topological polar surface area (TPSA) is 87.7 Å². The molecule has 0 spiro atoms. The third-order valence-corrected chi connectivity index (χ3v) is 6.28. The second-order valence-electron chi connectivity index (χ2n) is 5.70. The molecular weight excluding hydrogens is 420 g/mol. The van der Waals surface area contributed by atoms with E-state index in [4.69, 9.17) is 16.3 Å². The van der Waals surface area contributed by atoms with Crippen LogP contribution in [-0.2, 0) is 9.59 Å². The Kier molecular flexibility index (Phi) is 6.69. The SMILES string of the molecule is COc1ccc(Cl)cc1NC(=O)C(=O)NCC(O)c1ccc(-c2cccs2)s1. The van der Waals surface area contributed by atoms with Gasteiger partial charge >= 0.3 is 11.8 Å². The van der Waals surface area contributed by atoms with E-state index in [0.29, 0.717) is 15.6 Å². The average Bonchev–Trinajstić information content (AvgIpc) is 3.37. The molecule has 3 N–H and O–H groups in total. The van der Waals surface area contributed by atoms with Crippen molar-refractivity contribution in [1.82, 2.24) is 5.32 Å². The first-order chi connectivity index (χ1) is 13.5. The number of rotatable bonds is 6. The highest BCUT2D eigenvalue weighted by Gasteiger charge is 2.19. The van der Waals surface area contributed by atoms with E-state index in [1.807, 2.05) is 29.6 Å². The third kappa shape index (κ3) is 4.90. The minimum absolute atomic E-state index is 0.0800. The minimum Gasteiger partial charge on any atom is -0.495 e. The van der Waals surface area contributed by atoms with Gasteiger partial charge < -0.3 is 20.5 Å². The number of aliphatic hydroxyl groups excluding tert-OH is 1. The first kappa shape index (κ1) is 20.3. The van der Waals surface area contributed by atoms with Crippen LogP contribution in [-0.4, -0.2) is 30.6 Å². The summed E-state index contributed by atoms with van der Waals surface area (Å²) in [7, 11) is 1.45. The van der Waals surface area contributed by atoms with Crippen molar-refractivity contribution in [3.63, 3.8) is 0 Å². The lowest BCUT2D eigenvalue weighted by atomic mass is 10.2. The van der Waals surface area contributed by atoms with Crippen LogP contribution in [0, 0.1) is 0 Å². The van der Waals surface area contributed by atoms with Crippen LogP contribution in [0.2, 0.25) is 5.02 Å². The summed E-state index contributed by atoms with van der Waals surface area (Å²) < 4.78 is 5.13. The Bertz CT molecular complexity index is 972. The predicted octanol–water partition coefficient (Wildman–Crippen LogP) is 3.93. The van der Waals surface area contributed by atoms with Gasteiger partial charge in [-0.3, -0.25) is 9.59 Å². The summed E-state index contributed by atoms with van der Waals surface area (Å²) in [6.07, 6.45) is -0.906. The van der Waals surface area contributed by atoms with Crippen LogP contribution in [0.3, 0.4) is 0 Å². The summed E-state index contributed by atoms with van der Waals surface area (Å²) in [6.45, 7) is -0.0800. The van der Waals surface area contributed by atoms with Gasteiger partial charge in [0.15, 0.2) is 0 Å². The highest BCUT2D eigenvalue weighted by molar-refractivity contribution is 7.21. The zero-order valence-corrected chi connectivity index (χ0v) is 17.2. The second kappa shape index (κ2) is 9.20. The lowest BCUT2D eigenvalue weighted by Crippen LogP contribution is -2.37. The standard InChI is InChI=1S/C19H17ClN2O4S2/c1-26-14-5-4-11(20)9-12(14)22-19(25)18(24)21-10-13(23)15-6-7-17(28-15)16-3-2-8-27-16/h2-9,13,23H,10H2,1H3,(H,21,24)(H,22,25). The van der Waals surface area contributed by atoms with Gasteiger partial charge in [0, 0.05) is 26.2 Å². The number of aliphatic hydroxyl groups is 1. The Hall–Kier alpha value is -2.39. The number of hydrogen-bond acceptors (Lipinski definition) is 6. The molecule has 2 heterocycles. The number of carbonyl (C=O) groups is 2. The van der Waals surface area contributed by atoms with E-state index in [-0.39, 0.29) is 12.2 Å². The Balaban J connectivity index is 1.56. The van der Waals surface area contributed by atoms with Crippen LogP contribution in [0.5, 0.6) is 5.75 Å². The predicted molar refractivity (Wildman–Crippen MR) is 112 cm³/mol. The van der Waals surface area contributed by atoms with Crippen molar-refractivity contribution in [3.8, 4) is 15.5 Å². The van der Waals surface area contributed by atoms with E-state index in [1.54, 1.807) is 23.5 Å². The van der Waals surface area contributed by atoms with Crippen molar-refractivity contribution < 1.29 is 19.4 Å². The van der Waals surface area contributed by atoms with E-state index in [1.165, 1.54) is 24.5 Å². The number of halogens is 1. The molecule has 0 aliphatic carbocycles. The van der Waals surface area contributed by atoms with E-state index < -0.39 is 17.9 Å². The van der Waals surface area contributed by atoms with E-state index in [9.17, 15) is 14.7 Å². The molecule has 2 aromatic heterocycles. The maximum atomic E-state index is 12.1. The van der Waals surface area contributed by atoms with Crippen molar-refractivity contribution in [3.05, 3.63) is 57.7 Å². The maximum Gasteiger partial charge on any atom is 0.313 e. The molecule has 9 heteroatoms. The molecule has 0 bridgehead atoms. The first-order valence-electron chi connectivity index (χ1n) is 8.22. The highest BCUT2D eigenvalue weighted by atomic mass is 35.5. The Morgan fingerprint density at radius 1 is 1.18 bits per heavy atom. The molecule has 0 saturated carbocycles. The molecule has 0 aliphatic heterocycles. The molecule has 146 valence electrons. The van der Waals surface area contributed by atoms with Crippen molar-refractivity contribution in [2.24, 2.45) is 0 Å². The van der Waals surface area contributed by atoms with E-state index >= 15 is 0 Å². The van der Waals surface area contributed by atoms with Crippen LogP contribution >= 0.6 is 34.3 Å². The van der Waals surface area contributed by atoms with Crippen molar-refractivity contribution in [2.45, 2.75) is 6.10 Å². The average molecular weight is 437 g/mol. The largest absolute Gasteiger partial charge is 0.495 e. The quantitative estimate of drug-likeness (QED) is 0.511. The third-order valence-electron chi connectivity index (χ3n) is 3.79. The molecule has 0 aliphatic rings. The van der Waals surface area contributed by atoms with Gasteiger partial charge in [0.2, 0.25) is 0 Å². The molecule has 0 fully saturated rings. The van der Waals surface area contributed by atoms with E-state index in [0.717, 1.165) is 9.75 Å². The van der Waals surface area contributed by atoms with Crippen LogP contribution in [0.4, 0.5) is 5.69 Å². The number of anilines is 1. The number of thiophene rings is 2. The van der Waals surface area contributed by atoms with Gasteiger partial charge in [0.1, 0.15) is 11.9 Å². The number of hydrogen-bond donors (Lipinski definition) is 3. The Morgan fingerprint density at radius 2 is 2.00 bits per heavy atom. The van der Waals surface area contributed by atoms with Gasteiger partial charge in [-0.2, -0.15) is 0 Å². The molecule has 2 amide bonds. The van der Waals surface area contributed by atoms with Gasteiger partial charge in [-0.25, -0.2) is 0 Å². The van der Waals surface area contributed by atoms with Crippen LogP contribution in [0.25, 0.3) is 9.75 Å². The molecule has 6 nitrogen and oxygen atoms in total. The first-order valence-corrected chi connectivity index (χ1v) is 10.3. The number of amides is 2. The van der Waals surface area contributed by atoms with Crippen LogP contribution in [0.15, 0.2) is 47.8 Å². The molecule has 0 radical (unpaired) electrons. The van der Waals surface area contributed by atoms with Gasteiger partial charge in [-0.1, -0.05) is 17.7 Å². The maximum absolute atomic E-state index is 12.1. The monoisotopic (exact) mass is 436 g/mol. The summed E-state index contributed by atoms with van der Waals surface area (Å²) >= 11 is 8.97. The molecule has 3 aromatic rings. The molecule has 3 rings (SSSR count). The molecule has 28 heavy (non-hydrogen) atoms. The fourth-order valence-corrected chi connectivity index (χ4v) is 4.41. The van der Waals surface area contributed by atoms with Crippen LogP contribution < -0.4 is 15.4 Å². The van der Waals surface area contributed by atoms with Crippen molar-refractivity contribution in [1.29, 1.82) is 0 Å². The zero-order valence-electron chi connectivity index (χ0n) is 14.8. The number of methoxy groups -OCH3 is 1. The number of ether oxygens (including phenoxy) is 1. The smallest absolute Gasteiger partial charge is 0.313 e. The molecule has 1 unspecified atom stereocenters. The Labute approximate surface area is 174 Å². The lowest BCUT2D eigenvalue weighted by Gasteiger charge is -2.12. The van der Waals surface area contributed by atoms with Gasteiger partial charge in [0.05, 0.1) is 12.8 Å². The summed E-state index contributed by atoms with van der Waals surface area (Å²) in [5.74, 6) is -1.36. The fourth-order valence-electron chi connectivity index (χ4n) is 2.41. The normalized spacial score (nSPS) is 11.7. The molecule has 1 atom stereocenters. The summed E-state index contributed by atoms with van der Waals surface area (Å²) in [4.78, 5) is 27.0. The van der Waals surface area contributed by atoms with Gasteiger partial charge in [-0.15, -0.1) is 22.7 Å². The Morgan fingerprint density at radius 3 is 2.71 bits per heavy atom. The minimum atomic E-state index is -0.906. The zero-order chi connectivity index (χ0) is 20.1. The summed E-state index contributed by atoms with van der Waals surface area (Å²) in [5.41, 5.74) is 0.287. The number of benzene rings is 1. The summed E-state index contributed by atoms with van der Waals surface area (Å²) in [6, 6.07) is 12.4. The highest BCUT2D eigenvalue weighted by Crippen LogP contribution is 2.34. The van der Waals surface area contributed by atoms with Crippen molar-refractivity contribution in [2.75, 3.05) is 19.0 Å². The number of nitrogens with one attached hydrogen (secondary N) is 2. The van der Waals surface area contributed by atoms with Gasteiger partial charge in [-0.05, 0) is 41.8 Å². The second-order valence-corrected chi connectivity index (χ2v) is 8.20. The fraction of sp³-hybridized carbons (Fsp3) is 0.158. The summed E-state index contributed by atoms with van der Waals surface area (Å²) in [5, 5.41) is 17.6. The van der Waals surface area contributed by atoms with Gasteiger partial charge in [0.25, 0.3) is 0 Å². The van der Waals surface area contributed by atoms with E-state index in [2.05, 4.69) is 10.6 Å². The molecule has 1 aromatic carbocycles. The number of carbonyl (C=O) groups excluding carboxylic acids is 2. The molecule has 0 saturated heterocycles. The lowest BCUT2D eigenvalue weighted by molar-refractivity contribution is -0.136. The van der Waals surface area contributed by atoms with Crippen molar-refractivity contribution >= 4 is 51.8 Å².